The Morgan fingerprint density at radius 2 is 1.63 bits per heavy atom. The molecule has 0 aliphatic heterocycles. The fourth-order valence-corrected chi connectivity index (χ4v) is 2.53. The Kier molecular flexibility index (Phi) is 9.93. The molecule has 150 valence electrons. The number of likely N-dealkylation sites (N-methyl/N-ethyl adjacent to an activating group) is 1. The van der Waals surface area contributed by atoms with Crippen LogP contribution in [0.4, 0.5) is 4.79 Å². The summed E-state index contributed by atoms with van der Waals surface area (Å²) in [6.07, 6.45) is 0.244. The number of alkyl carbamates (subject to hydrolysis) is 1. The number of carbonyl (C=O) groups is 3. The Bertz CT molecular complexity index is 605. The highest BCUT2D eigenvalue weighted by Gasteiger charge is 2.26. The molecule has 7 heteroatoms. The number of hydrogen-bond donors (Lipinski definition) is 3. The zero-order valence-electron chi connectivity index (χ0n) is 16.6. The second kappa shape index (κ2) is 11.9. The van der Waals surface area contributed by atoms with Gasteiger partial charge in [-0.3, -0.25) is 9.59 Å². The third-order valence-electron chi connectivity index (χ3n) is 3.92. The molecule has 27 heavy (non-hydrogen) atoms. The van der Waals surface area contributed by atoms with Crippen molar-refractivity contribution in [1.82, 2.24) is 16.0 Å². The highest BCUT2D eigenvalue weighted by atomic mass is 16.5. The lowest BCUT2D eigenvalue weighted by Gasteiger charge is -2.23. The van der Waals surface area contributed by atoms with Crippen LogP contribution in [0.2, 0.25) is 0 Å². The molecule has 0 radical (unpaired) electrons. The Labute approximate surface area is 161 Å². The quantitative estimate of drug-likeness (QED) is 0.583. The van der Waals surface area contributed by atoms with Gasteiger partial charge in [0.15, 0.2) is 0 Å². The number of benzene rings is 1. The summed E-state index contributed by atoms with van der Waals surface area (Å²) in [5.74, 6) is -0.443. The highest BCUT2D eigenvalue weighted by molar-refractivity contribution is 5.91. The fraction of sp³-hybridized carbons (Fsp3) is 0.550. The summed E-state index contributed by atoms with van der Waals surface area (Å²) in [7, 11) is 0. The van der Waals surface area contributed by atoms with E-state index in [1.807, 2.05) is 58.0 Å². The van der Waals surface area contributed by atoms with Gasteiger partial charge in [0.05, 0.1) is 0 Å². The smallest absolute Gasteiger partial charge is 0.408 e. The van der Waals surface area contributed by atoms with E-state index < -0.39 is 24.1 Å². The van der Waals surface area contributed by atoms with Crippen LogP contribution in [0, 0.1) is 5.92 Å². The molecule has 0 aliphatic rings. The first-order chi connectivity index (χ1) is 12.9. The summed E-state index contributed by atoms with van der Waals surface area (Å²) in [5, 5.41) is 8.02. The first-order valence-corrected chi connectivity index (χ1v) is 9.42. The lowest BCUT2D eigenvalue weighted by atomic mass is 10.0. The average molecular weight is 377 g/mol. The van der Waals surface area contributed by atoms with Crippen LogP contribution in [0.15, 0.2) is 30.3 Å². The Morgan fingerprint density at radius 1 is 0.963 bits per heavy atom. The van der Waals surface area contributed by atoms with Crippen molar-refractivity contribution in [3.63, 3.8) is 0 Å². The number of hydrogen-bond acceptors (Lipinski definition) is 4. The minimum Gasteiger partial charge on any atom is -0.445 e. The molecule has 2 atom stereocenters. The van der Waals surface area contributed by atoms with Crippen LogP contribution in [-0.2, 0) is 20.9 Å². The molecule has 2 unspecified atom stereocenters. The predicted octanol–water partition coefficient (Wildman–Crippen LogP) is 2.36. The maximum atomic E-state index is 12.6. The van der Waals surface area contributed by atoms with Crippen LogP contribution >= 0.6 is 0 Å². The van der Waals surface area contributed by atoms with Gasteiger partial charge in [-0.2, -0.15) is 0 Å². The normalized spacial score (nSPS) is 12.8. The van der Waals surface area contributed by atoms with Crippen molar-refractivity contribution < 1.29 is 19.1 Å². The largest absolute Gasteiger partial charge is 0.445 e. The van der Waals surface area contributed by atoms with Gasteiger partial charge >= 0.3 is 6.09 Å². The molecule has 3 amide bonds. The van der Waals surface area contributed by atoms with E-state index in [-0.39, 0.29) is 18.4 Å². The standard InChI is InChI=1S/C20H31N3O4/c1-5-16(18(24)21-6-2)22-19(25)17(12-14(3)4)23-20(26)27-13-15-10-8-7-9-11-15/h7-11,14,16-17H,5-6,12-13H2,1-4H3,(H,21,24)(H,22,25)(H,23,26). The SMILES string of the molecule is CCNC(=O)C(CC)NC(=O)C(CC(C)C)NC(=O)OCc1ccccc1. The molecule has 7 nitrogen and oxygen atoms in total. The number of carbonyl (C=O) groups excluding carboxylic acids is 3. The van der Waals surface area contributed by atoms with Crippen molar-refractivity contribution in [2.24, 2.45) is 5.92 Å². The van der Waals surface area contributed by atoms with Crippen LogP contribution in [0.1, 0.15) is 46.1 Å². The highest BCUT2D eigenvalue weighted by Crippen LogP contribution is 2.07. The number of ether oxygens (including phenoxy) is 1. The molecular formula is C20H31N3O4. The van der Waals surface area contributed by atoms with Gasteiger partial charge < -0.3 is 20.7 Å². The Balaban J connectivity index is 2.65. The Hall–Kier alpha value is -2.57. The Morgan fingerprint density at radius 3 is 2.19 bits per heavy atom. The van der Waals surface area contributed by atoms with E-state index in [9.17, 15) is 14.4 Å². The molecule has 0 aliphatic carbocycles. The molecule has 0 saturated carbocycles. The maximum absolute atomic E-state index is 12.6. The maximum Gasteiger partial charge on any atom is 0.408 e. The van der Waals surface area contributed by atoms with E-state index in [1.165, 1.54) is 0 Å². The topological polar surface area (TPSA) is 96.5 Å². The summed E-state index contributed by atoms with van der Waals surface area (Å²) in [6, 6.07) is 7.90. The fourth-order valence-electron chi connectivity index (χ4n) is 2.53. The molecule has 0 saturated heterocycles. The van der Waals surface area contributed by atoms with E-state index in [0.717, 1.165) is 5.56 Å². The molecule has 1 rings (SSSR count). The van der Waals surface area contributed by atoms with Gasteiger partial charge in [0.1, 0.15) is 18.7 Å². The zero-order valence-corrected chi connectivity index (χ0v) is 16.6. The minimum atomic E-state index is -0.767. The second-order valence-electron chi connectivity index (χ2n) is 6.75. The molecule has 0 fully saturated rings. The van der Waals surface area contributed by atoms with E-state index in [4.69, 9.17) is 4.74 Å². The molecule has 0 spiro atoms. The molecule has 0 bridgehead atoms. The van der Waals surface area contributed by atoms with E-state index in [2.05, 4.69) is 16.0 Å². The lowest BCUT2D eigenvalue weighted by molar-refractivity contribution is -0.130. The van der Waals surface area contributed by atoms with E-state index in [1.54, 1.807) is 0 Å². The van der Waals surface area contributed by atoms with Gasteiger partial charge in [-0.25, -0.2) is 4.79 Å². The summed E-state index contributed by atoms with van der Waals surface area (Å²) in [4.78, 5) is 36.7. The summed E-state index contributed by atoms with van der Waals surface area (Å²) in [6.45, 7) is 8.16. The van der Waals surface area contributed by atoms with Gasteiger partial charge in [0.25, 0.3) is 0 Å². The second-order valence-corrected chi connectivity index (χ2v) is 6.75. The monoisotopic (exact) mass is 377 g/mol. The van der Waals surface area contributed by atoms with E-state index in [0.29, 0.717) is 19.4 Å². The molecule has 0 aromatic heterocycles. The van der Waals surface area contributed by atoms with Crippen LogP contribution in [-0.4, -0.2) is 36.5 Å². The van der Waals surface area contributed by atoms with Crippen molar-refractivity contribution in [1.29, 1.82) is 0 Å². The average Bonchev–Trinajstić information content (AvgIpc) is 2.64. The van der Waals surface area contributed by atoms with Crippen LogP contribution in [0.3, 0.4) is 0 Å². The summed E-state index contributed by atoms with van der Waals surface area (Å²) in [5.41, 5.74) is 0.861. The minimum absolute atomic E-state index is 0.124. The predicted molar refractivity (Wildman–Crippen MR) is 104 cm³/mol. The van der Waals surface area contributed by atoms with E-state index >= 15 is 0 Å². The van der Waals surface area contributed by atoms with Crippen LogP contribution in [0.25, 0.3) is 0 Å². The molecular weight excluding hydrogens is 346 g/mol. The van der Waals surface area contributed by atoms with Crippen molar-refractivity contribution in [3.05, 3.63) is 35.9 Å². The number of rotatable bonds is 10. The third-order valence-corrected chi connectivity index (χ3v) is 3.92. The zero-order chi connectivity index (χ0) is 20.2. The third kappa shape index (κ3) is 8.57. The van der Waals surface area contributed by atoms with Crippen LogP contribution < -0.4 is 16.0 Å². The van der Waals surface area contributed by atoms with Crippen molar-refractivity contribution in [3.8, 4) is 0 Å². The van der Waals surface area contributed by atoms with Gasteiger partial charge in [-0.15, -0.1) is 0 Å². The van der Waals surface area contributed by atoms with Gasteiger partial charge in [0.2, 0.25) is 11.8 Å². The van der Waals surface area contributed by atoms with Gasteiger partial charge in [-0.05, 0) is 31.2 Å². The first kappa shape index (κ1) is 22.5. The first-order valence-electron chi connectivity index (χ1n) is 9.42. The number of amides is 3. The van der Waals surface area contributed by atoms with Crippen LogP contribution in [0.5, 0.6) is 0 Å². The van der Waals surface area contributed by atoms with Gasteiger partial charge in [-0.1, -0.05) is 51.1 Å². The molecule has 1 aromatic carbocycles. The van der Waals surface area contributed by atoms with Crippen molar-refractivity contribution in [2.75, 3.05) is 6.54 Å². The molecule has 3 N–H and O–H groups in total. The van der Waals surface area contributed by atoms with Crippen molar-refractivity contribution >= 4 is 17.9 Å². The van der Waals surface area contributed by atoms with Crippen molar-refractivity contribution in [2.45, 2.75) is 59.2 Å². The summed E-state index contributed by atoms with van der Waals surface area (Å²) < 4.78 is 5.20. The molecule has 1 aromatic rings. The summed E-state index contributed by atoms with van der Waals surface area (Å²) >= 11 is 0. The van der Waals surface area contributed by atoms with Gasteiger partial charge in [0, 0.05) is 6.54 Å². The lowest BCUT2D eigenvalue weighted by Crippen LogP contribution is -2.53. The molecule has 0 heterocycles. The number of nitrogens with one attached hydrogen (secondary N) is 3.